The Hall–Kier alpha value is -1.06. The monoisotopic (exact) mass is 290 g/mol. The summed E-state index contributed by atoms with van der Waals surface area (Å²) in [5, 5.41) is 0. The average Bonchev–Trinajstić information content (AvgIpc) is 2.73. The molecular formula is C18H30N2O. The Bertz CT molecular complexity index is 433. The van der Waals surface area contributed by atoms with E-state index in [-0.39, 0.29) is 0 Å². The first-order chi connectivity index (χ1) is 10.3. The minimum absolute atomic E-state index is 0.593. The van der Waals surface area contributed by atoms with Crippen molar-refractivity contribution in [2.45, 2.75) is 52.1 Å². The van der Waals surface area contributed by atoms with Gasteiger partial charge in [0, 0.05) is 18.7 Å². The molecule has 0 aliphatic carbocycles. The molecule has 1 aliphatic heterocycles. The molecule has 0 aromatic heterocycles. The van der Waals surface area contributed by atoms with Gasteiger partial charge in [0.2, 0.25) is 0 Å². The Balaban J connectivity index is 2.00. The molecule has 3 heteroatoms. The summed E-state index contributed by atoms with van der Waals surface area (Å²) in [5.41, 5.74) is 8.22. The largest absolute Gasteiger partial charge is 0.496 e. The summed E-state index contributed by atoms with van der Waals surface area (Å²) >= 11 is 0. The summed E-state index contributed by atoms with van der Waals surface area (Å²) in [5.74, 6) is 1.92. The summed E-state index contributed by atoms with van der Waals surface area (Å²) in [6.45, 7) is 6.29. The van der Waals surface area contributed by atoms with E-state index in [1.54, 1.807) is 7.11 Å². The lowest BCUT2D eigenvalue weighted by atomic mass is 9.96. The Morgan fingerprint density at radius 2 is 2.14 bits per heavy atom. The molecule has 1 atom stereocenters. The lowest BCUT2D eigenvalue weighted by Crippen LogP contribution is -2.24. The van der Waals surface area contributed by atoms with Crippen molar-refractivity contribution in [1.82, 2.24) is 4.90 Å². The van der Waals surface area contributed by atoms with Crippen LogP contribution in [0.4, 0.5) is 0 Å². The minimum atomic E-state index is 0.593. The van der Waals surface area contributed by atoms with Crippen LogP contribution in [0.5, 0.6) is 5.75 Å². The molecule has 3 nitrogen and oxygen atoms in total. The zero-order chi connectivity index (χ0) is 15.1. The third kappa shape index (κ3) is 4.72. The number of hydrogen-bond donors (Lipinski definition) is 1. The van der Waals surface area contributed by atoms with Crippen molar-refractivity contribution >= 4 is 0 Å². The van der Waals surface area contributed by atoms with Crippen LogP contribution >= 0.6 is 0 Å². The Kier molecular flexibility index (Phi) is 6.52. The smallest absolute Gasteiger partial charge is 0.123 e. The van der Waals surface area contributed by atoms with Crippen LogP contribution in [0, 0.1) is 5.92 Å². The predicted octanol–water partition coefficient (Wildman–Crippen LogP) is 3.56. The molecule has 0 amide bonds. The molecule has 1 aromatic carbocycles. The second-order valence-electron chi connectivity index (χ2n) is 6.21. The van der Waals surface area contributed by atoms with Gasteiger partial charge in [0.05, 0.1) is 7.11 Å². The van der Waals surface area contributed by atoms with Crippen LogP contribution in [-0.4, -0.2) is 25.1 Å². The molecule has 1 aliphatic rings. The first-order valence-electron chi connectivity index (χ1n) is 8.35. The van der Waals surface area contributed by atoms with E-state index >= 15 is 0 Å². The maximum atomic E-state index is 5.77. The molecule has 1 heterocycles. The van der Waals surface area contributed by atoms with Crippen LogP contribution in [0.3, 0.4) is 0 Å². The van der Waals surface area contributed by atoms with Crippen molar-refractivity contribution in [3.63, 3.8) is 0 Å². The van der Waals surface area contributed by atoms with E-state index in [4.69, 9.17) is 10.5 Å². The molecule has 1 fully saturated rings. The molecule has 2 rings (SSSR count). The number of benzene rings is 1. The average molecular weight is 290 g/mol. The molecule has 1 unspecified atom stereocenters. The highest BCUT2D eigenvalue weighted by molar-refractivity contribution is 5.37. The SMILES string of the molecule is CCCC1CCCN(Cc2cc(CN)ccc2OC)CC1. The summed E-state index contributed by atoms with van der Waals surface area (Å²) in [7, 11) is 1.75. The van der Waals surface area contributed by atoms with Crippen LogP contribution in [0.2, 0.25) is 0 Å². The zero-order valence-corrected chi connectivity index (χ0v) is 13.6. The van der Waals surface area contributed by atoms with Gasteiger partial charge in [-0.1, -0.05) is 25.8 Å². The fourth-order valence-electron chi connectivity index (χ4n) is 3.40. The predicted molar refractivity (Wildman–Crippen MR) is 88.4 cm³/mol. The number of nitrogens with two attached hydrogens (primary N) is 1. The van der Waals surface area contributed by atoms with Gasteiger partial charge < -0.3 is 10.5 Å². The van der Waals surface area contributed by atoms with Crippen LogP contribution in [-0.2, 0) is 13.1 Å². The molecular weight excluding hydrogens is 260 g/mol. The normalized spacial score (nSPS) is 20.2. The number of nitrogens with zero attached hydrogens (tertiary/aromatic N) is 1. The maximum Gasteiger partial charge on any atom is 0.123 e. The summed E-state index contributed by atoms with van der Waals surface area (Å²) in [6.07, 6.45) is 6.76. The van der Waals surface area contributed by atoms with Gasteiger partial charge in [-0.2, -0.15) is 0 Å². The Labute approximate surface area is 129 Å². The highest BCUT2D eigenvalue weighted by atomic mass is 16.5. The van der Waals surface area contributed by atoms with Crippen LogP contribution < -0.4 is 10.5 Å². The van der Waals surface area contributed by atoms with Crippen LogP contribution in [0.25, 0.3) is 0 Å². The quantitative estimate of drug-likeness (QED) is 0.870. The van der Waals surface area contributed by atoms with Crippen LogP contribution in [0.1, 0.15) is 50.2 Å². The van der Waals surface area contributed by atoms with Gasteiger partial charge in [0.15, 0.2) is 0 Å². The van der Waals surface area contributed by atoms with E-state index in [0.717, 1.165) is 18.2 Å². The van der Waals surface area contributed by atoms with Gasteiger partial charge in [0.1, 0.15) is 5.75 Å². The number of ether oxygens (including phenoxy) is 1. The molecule has 21 heavy (non-hydrogen) atoms. The summed E-state index contributed by atoms with van der Waals surface area (Å²) in [6, 6.07) is 6.31. The third-order valence-corrected chi connectivity index (χ3v) is 4.61. The molecule has 118 valence electrons. The van der Waals surface area contributed by atoms with Crippen molar-refractivity contribution in [3.05, 3.63) is 29.3 Å². The molecule has 0 radical (unpaired) electrons. The number of likely N-dealkylation sites (tertiary alicyclic amines) is 1. The van der Waals surface area contributed by atoms with Gasteiger partial charge in [-0.05, 0) is 56.0 Å². The Morgan fingerprint density at radius 1 is 1.29 bits per heavy atom. The van der Waals surface area contributed by atoms with Crippen molar-refractivity contribution in [2.75, 3.05) is 20.2 Å². The van der Waals surface area contributed by atoms with E-state index in [1.807, 2.05) is 0 Å². The lowest BCUT2D eigenvalue weighted by molar-refractivity contribution is 0.266. The van der Waals surface area contributed by atoms with E-state index in [1.165, 1.54) is 56.3 Å². The number of hydrogen-bond acceptors (Lipinski definition) is 3. The first-order valence-corrected chi connectivity index (χ1v) is 8.35. The van der Waals surface area contributed by atoms with Gasteiger partial charge in [-0.3, -0.25) is 4.90 Å². The van der Waals surface area contributed by atoms with Gasteiger partial charge >= 0.3 is 0 Å². The van der Waals surface area contributed by atoms with Gasteiger partial charge in [-0.15, -0.1) is 0 Å². The molecule has 2 N–H and O–H groups in total. The van der Waals surface area contributed by atoms with E-state index < -0.39 is 0 Å². The van der Waals surface area contributed by atoms with Crippen LogP contribution in [0.15, 0.2) is 18.2 Å². The summed E-state index contributed by atoms with van der Waals surface area (Å²) in [4.78, 5) is 2.58. The number of rotatable bonds is 6. The van der Waals surface area contributed by atoms with Crippen molar-refractivity contribution < 1.29 is 4.74 Å². The molecule has 0 saturated carbocycles. The first kappa shape index (κ1) is 16.3. The van der Waals surface area contributed by atoms with Crippen molar-refractivity contribution in [2.24, 2.45) is 11.7 Å². The van der Waals surface area contributed by atoms with E-state index in [0.29, 0.717) is 6.54 Å². The zero-order valence-electron chi connectivity index (χ0n) is 13.6. The third-order valence-electron chi connectivity index (χ3n) is 4.61. The van der Waals surface area contributed by atoms with Gasteiger partial charge in [0.25, 0.3) is 0 Å². The molecule has 1 aromatic rings. The van der Waals surface area contributed by atoms with E-state index in [2.05, 4.69) is 30.0 Å². The standard InChI is InChI=1S/C18H30N2O/c1-3-5-15-6-4-10-20(11-9-15)14-17-12-16(13-19)7-8-18(17)21-2/h7-8,12,15H,3-6,9-11,13-14,19H2,1-2H3. The molecule has 0 bridgehead atoms. The second kappa shape index (κ2) is 8.40. The Morgan fingerprint density at radius 3 is 2.86 bits per heavy atom. The van der Waals surface area contributed by atoms with Crippen molar-refractivity contribution in [1.29, 1.82) is 0 Å². The highest BCUT2D eigenvalue weighted by Gasteiger charge is 2.17. The maximum absolute atomic E-state index is 5.77. The highest BCUT2D eigenvalue weighted by Crippen LogP contribution is 2.26. The fraction of sp³-hybridized carbons (Fsp3) is 0.667. The number of methoxy groups -OCH3 is 1. The van der Waals surface area contributed by atoms with Gasteiger partial charge in [-0.25, -0.2) is 0 Å². The molecule has 1 saturated heterocycles. The topological polar surface area (TPSA) is 38.5 Å². The van der Waals surface area contributed by atoms with E-state index in [9.17, 15) is 0 Å². The lowest BCUT2D eigenvalue weighted by Gasteiger charge is -2.22. The molecule has 0 spiro atoms. The minimum Gasteiger partial charge on any atom is -0.496 e. The summed E-state index contributed by atoms with van der Waals surface area (Å²) < 4.78 is 5.51. The van der Waals surface area contributed by atoms with Crippen molar-refractivity contribution in [3.8, 4) is 5.75 Å². The fourth-order valence-corrected chi connectivity index (χ4v) is 3.40. The second-order valence-corrected chi connectivity index (χ2v) is 6.21.